The van der Waals surface area contributed by atoms with Crippen molar-refractivity contribution in [3.63, 3.8) is 0 Å². The van der Waals surface area contributed by atoms with Crippen molar-refractivity contribution in [1.82, 2.24) is 25.0 Å². The second-order valence-electron chi connectivity index (χ2n) is 8.67. The Bertz CT molecular complexity index is 896. The number of piperidine rings is 1. The molecule has 2 amide bonds. The van der Waals surface area contributed by atoms with Crippen LogP contribution in [0.25, 0.3) is 0 Å². The first-order valence-electron chi connectivity index (χ1n) is 10.7. The zero-order valence-corrected chi connectivity index (χ0v) is 17.7. The lowest BCUT2D eigenvalue weighted by Gasteiger charge is -2.52. The number of hydrogen-bond acceptors (Lipinski definition) is 6. The lowest BCUT2D eigenvalue weighted by atomic mass is 9.74. The summed E-state index contributed by atoms with van der Waals surface area (Å²) in [6.45, 7) is 3.75. The predicted molar refractivity (Wildman–Crippen MR) is 112 cm³/mol. The molecule has 0 aromatic carbocycles. The van der Waals surface area contributed by atoms with Gasteiger partial charge in [-0.05, 0) is 38.0 Å². The minimum absolute atomic E-state index is 0.104. The fraction of sp³-hybridized carbons (Fsp3) is 0.545. The molecule has 166 valence electrons. The molecule has 0 saturated carbocycles. The van der Waals surface area contributed by atoms with E-state index in [1.165, 1.54) is 0 Å². The van der Waals surface area contributed by atoms with Gasteiger partial charge in [0.25, 0.3) is 5.91 Å². The topological polar surface area (TPSA) is 110 Å². The highest BCUT2D eigenvalue weighted by Gasteiger charge is 2.50. The first kappa shape index (κ1) is 21.5. The molecule has 2 saturated heterocycles. The summed E-state index contributed by atoms with van der Waals surface area (Å²) in [7, 11) is 0. The first-order chi connectivity index (χ1) is 14.9. The number of nitrogens with one attached hydrogen (secondary N) is 1. The fourth-order valence-corrected chi connectivity index (χ4v) is 4.51. The lowest BCUT2D eigenvalue weighted by Crippen LogP contribution is -2.65. The van der Waals surface area contributed by atoms with Crippen molar-refractivity contribution in [1.29, 1.82) is 0 Å². The molecule has 9 heteroatoms. The van der Waals surface area contributed by atoms with Gasteiger partial charge in [0, 0.05) is 51.1 Å². The molecule has 2 aliphatic heterocycles. The van der Waals surface area contributed by atoms with Gasteiger partial charge in [0.15, 0.2) is 0 Å². The van der Waals surface area contributed by atoms with Crippen molar-refractivity contribution in [2.75, 3.05) is 19.7 Å². The Hall–Kier alpha value is -2.78. The fourth-order valence-electron chi connectivity index (χ4n) is 4.51. The van der Waals surface area contributed by atoms with Crippen LogP contribution in [0.1, 0.15) is 43.1 Å². The maximum Gasteiger partial charge on any atom is 0.270 e. The summed E-state index contributed by atoms with van der Waals surface area (Å²) in [5.41, 5.74) is -0.988. The van der Waals surface area contributed by atoms with Crippen molar-refractivity contribution in [3.05, 3.63) is 48.5 Å². The van der Waals surface area contributed by atoms with Crippen molar-refractivity contribution in [2.45, 2.75) is 56.4 Å². The van der Waals surface area contributed by atoms with Gasteiger partial charge >= 0.3 is 0 Å². The molecule has 0 bridgehead atoms. The van der Waals surface area contributed by atoms with Crippen LogP contribution in [0.5, 0.6) is 0 Å². The molecule has 0 aliphatic carbocycles. The van der Waals surface area contributed by atoms with Crippen molar-refractivity contribution < 1.29 is 19.4 Å². The van der Waals surface area contributed by atoms with Crippen molar-refractivity contribution in [2.24, 2.45) is 0 Å². The molecular formula is C22H29N5O4. The molecule has 9 nitrogen and oxygen atoms in total. The summed E-state index contributed by atoms with van der Waals surface area (Å²) >= 11 is 0. The van der Waals surface area contributed by atoms with Gasteiger partial charge in [0.2, 0.25) is 5.91 Å². The maximum absolute atomic E-state index is 12.7. The lowest BCUT2D eigenvalue weighted by molar-refractivity contribution is -0.179. The molecular weight excluding hydrogens is 398 g/mol. The van der Waals surface area contributed by atoms with Crippen LogP contribution < -0.4 is 5.32 Å². The Morgan fingerprint density at radius 2 is 2.06 bits per heavy atom. The number of aryl methyl sites for hydroxylation is 1. The van der Waals surface area contributed by atoms with E-state index in [1.807, 2.05) is 24.1 Å². The zero-order valence-electron chi connectivity index (χ0n) is 17.7. The van der Waals surface area contributed by atoms with Gasteiger partial charge in [0.05, 0.1) is 17.7 Å². The minimum Gasteiger partial charge on any atom is -0.388 e. The van der Waals surface area contributed by atoms with E-state index < -0.39 is 17.2 Å². The quantitative estimate of drug-likeness (QED) is 0.737. The van der Waals surface area contributed by atoms with Crippen LogP contribution in [0.2, 0.25) is 0 Å². The first-order valence-corrected chi connectivity index (χ1v) is 10.7. The van der Waals surface area contributed by atoms with Crippen LogP contribution in [-0.4, -0.2) is 73.5 Å². The normalized spacial score (nSPS) is 25.4. The smallest absolute Gasteiger partial charge is 0.270 e. The number of nitrogens with zero attached hydrogens (tertiary/aromatic N) is 4. The highest BCUT2D eigenvalue weighted by atomic mass is 16.5. The summed E-state index contributed by atoms with van der Waals surface area (Å²) in [5.74, 6) is -0.210. The van der Waals surface area contributed by atoms with Gasteiger partial charge in [-0.15, -0.1) is 0 Å². The van der Waals surface area contributed by atoms with E-state index in [-0.39, 0.29) is 18.4 Å². The molecule has 2 aromatic rings. The second kappa shape index (κ2) is 8.76. The molecule has 4 rings (SSSR count). The molecule has 2 fully saturated rings. The van der Waals surface area contributed by atoms with Crippen molar-refractivity contribution >= 4 is 11.8 Å². The standard InChI is InChI=1S/C22H29N5O4/c1-21(25-20(30)17-5-2-3-9-23-17)16-22(31-15-18(21)28)7-13-26(14-8-22)19(29)6-12-27-11-4-10-24-27/h2-5,9-11,18,28H,6-8,12-16H2,1H3,(H,25,30)/t18-,21-/m1/s1. The van der Waals surface area contributed by atoms with Crippen LogP contribution in [0.4, 0.5) is 0 Å². The van der Waals surface area contributed by atoms with E-state index in [1.54, 1.807) is 35.3 Å². The summed E-state index contributed by atoms with van der Waals surface area (Å²) in [6.07, 6.45) is 6.52. The SMILES string of the molecule is C[C@@]1(NC(=O)c2ccccn2)CC2(CCN(C(=O)CCn3cccn3)CC2)OC[C@H]1O. The van der Waals surface area contributed by atoms with Crippen LogP contribution in [0.15, 0.2) is 42.9 Å². The molecule has 2 atom stereocenters. The van der Waals surface area contributed by atoms with Gasteiger partial charge in [-0.25, -0.2) is 0 Å². The number of hydrogen-bond donors (Lipinski definition) is 2. The van der Waals surface area contributed by atoms with E-state index in [0.717, 1.165) is 0 Å². The summed E-state index contributed by atoms with van der Waals surface area (Å²) in [4.78, 5) is 31.2. The number of carbonyl (C=O) groups is 2. The van der Waals surface area contributed by atoms with Gasteiger partial charge in [0.1, 0.15) is 11.8 Å². The minimum atomic E-state index is -0.834. The molecule has 4 heterocycles. The van der Waals surface area contributed by atoms with Gasteiger partial charge in [-0.1, -0.05) is 6.07 Å². The van der Waals surface area contributed by atoms with Gasteiger partial charge in [-0.2, -0.15) is 5.10 Å². The van der Waals surface area contributed by atoms with Crippen LogP contribution in [0, 0.1) is 0 Å². The van der Waals surface area contributed by atoms with Gasteiger partial charge < -0.3 is 20.1 Å². The number of rotatable bonds is 5. The Morgan fingerprint density at radius 3 is 2.74 bits per heavy atom. The third-order valence-corrected chi connectivity index (χ3v) is 6.41. The van der Waals surface area contributed by atoms with E-state index in [4.69, 9.17) is 4.74 Å². The third-order valence-electron chi connectivity index (χ3n) is 6.41. The molecule has 2 aliphatic rings. The number of pyridine rings is 1. The highest BCUT2D eigenvalue weighted by molar-refractivity contribution is 5.92. The number of ether oxygens (including phenoxy) is 1. The molecule has 1 spiro atoms. The number of carbonyl (C=O) groups excluding carboxylic acids is 2. The number of likely N-dealkylation sites (tertiary alicyclic amines) is 1. The molecule has 0 radical (unpaired) electrons. The Kier molecular flexibility index (Phi) is 6.06. The van der Waals surface area contributed by atoms with E-state index in [9.17, 15) is 14.7 Å². The average Bonchev–Trinajstić information content (AvgIpc) is 3.30. The Balaban J connectivity index is 1.35. The Morgan fingerprint density at radius 1 is 1.26 bits per heavy atom. The summed E-state index contributed by atoms with van der Waals surface area (Å²) < 4.78 is 7.83. The third kappa shape index (κ3) is 4.77. The van der Waals surface area contributed by atoms with Crippen molar-refractivity contribution in [3.8, 4) is 0 Å². The predicted octanol–water partition coefficient (Wildman–Crippen LogP) is 0.999. The van der Waals surface area contributed by atoms with E-state index in [0.29, 0.717) is 51.0 Å². The molecule has 0 unspecified atom stereocenters. The van der Waals surface area contributed by atoms with Gasteiger partial charge in [-0.3, -0.25) is 19.3 Å². The monoisotopic (exact) mass is 427 g/mol. The summed E-state index contributed by atoms with van der Waals surface area (Å²) in [5, 5.41) is 17.7. The summed E-state index contributed by atoms with van der Waals surface area (Å²) in [6, 6.07) is 6.99. The molecule has 2 aromatic heterocycles. The second-order valence-corrected chi connectivity index (χ2v) is 8.67. The number of aliphatic hydroxyl groups is 1. The van der Waals surface area contributed by atoms with Crippen LogP contribution in [0.3, 0.4) is 0 Å². The molecule has 2 N–H and O–H groups in total. The van der Waals surface area contributed by atoms with Crippen LogP contribution in [-0.2, 0) is 16.1 Å². The number of amides is 2. The largest absolute Gasteiger partial charge is 0.388 e. The average molecular weight is 428 g/mol. The van der Waals surface area contributed by atoms with Crippen LogP contribution >= 0.6 is 0 Å². The Labute approximate surface area is 181 Å². The van der Waals surface area contributed by atoms with E-state index >= 15 is 0 Å². The highest BCUT2D eigenvalue weighted by Crippen LogP contribution is 2.40. The number of aliphatic hydroxyl groups excluding tert-OH is 1. The maximum atomic E-state index is 12.7. The molecule has 31 heavy (non-hydrogen) atoms. The van der Waals surface area contributed by atoms with E-state index in [2.05, 4.69) is 15.4 Å². The zero-order chi connectivity index (χ0) is 21.9. The number of aromatic nitrogens is 3.